The van der Waals surface area contributed by atoms with Gasteiger partial charge in [-0.2, -0.15) is 5.10 Å². The Hall–Kier alpha value is -2.01. The van der Waals surface area contributed by atoms with Crippen LogP contribution in [-0.4, -0.2) is 20.5 Å². The van der Waals surface area contributed by atoms with Crippen molar-refractivity contribution in [2.75, 3.05) is 0 Å². The Morgan fingerprint density at radius 3 is 2.71 bits per heavy atom. The number of nitrogens with zero attached hydrogens (tertiary/aromatic N) is 2. The number of aryl methyl sites for hydroxylation is 1. The van der Waals surface area contributed by atoms with Crippen molar-refractivity contribution in [2.24, 2.45) is 7.05 Å². The lowest BCUT2D eigenvalue weighted by atomic mass is 10.2. The number of Topliss-reactive ketones (excluding diaryl/α,β-unsaturated/α-hetero) is 1. The van der Waals surface area contributed by atoms with E-state index in [4.69, 9.17) is 0 Å². The first-order valence-electron chi connectivity index (χ1n) is 6.76. The summed E-state index contributed by atoms with van der Waals surface area (Å²) in [5.41, 5.74) is 4.10. The second-order valence-corrected chi connectivity index (χ2v) is 6.39. The number of carbonyl (C=O) groups is 1. The zero-order valence-corrected chi connectivity index (χ0v) is 13.3. The smallest absolute Gasteiger partial charge is 0.176 e. The monoisotopic (exact) mass is 299 g/mol. The highest BCUT2D eigenvalue weighted by molar-refractivity contribution is 7.99. The first-order valence-corrected chi connectivity index (χ1v) is 7.58. The van der Waals surface area contributed by atoms with Crippen LogP contribution in [0.15, 0.2) is 34.2 Å². The van der Waals surface area contributed by atoms with Gasteiger partial charge in [0.2, 0.25) is 0 Å². The maximum absolute atomic E-state index is 11.6. The zero-order chi connectivity index (χ0) is 15.1. The quantitative estimate of drug-likeness (QED) is 0.747. The molecule has 0 saturated carbocycles. The van der Waals surface area contributed by atoms with Gasteiger partial charge in [-0.3, -0.25) is 9.89 Å². The molecular formula is C16H17N3OS. The minimum atomic E-state index is 0.0916. The van der Waals surface area contributed by atoms with Gasteiger partial charge < -0.3 is 4.57 Å². The Labute approximate surface area is 127 Å². The van der Waals surface area contributed by atoms with Gasteiger partial charge in [0.15, 0.2) is 5.78 Å². The predicted octanol–water partition coefficient (Wildman–Crippen LogP) is 3.87. The summed E-state index contributed by atoms with van der Waals surface area (Å²) in [4.78, 5) is 13.9. The van der Waals surface area contributed by atoms with Crippen LogP contribution in [0.25, 0.3) is 10.9 Å². The van der Waals surface area contributed by atoms with E-state index in [1.54, 1.807) is 18.7 Å². The van der Waals surface area contributed by atoms with Crippen molar-refractivity contribution < 1.29 is 4.79 Å². The highest BCUT2D eigenvalue weighted by Crippen LogP contribution is 2.34. The third kappa shape index (κ3) is 2.38. The molecule has 5 heteroatoms. The normalized spacial score (nSPS) is 11.2. The highest BCUT2D eigenvalue weighted by Gasteiger charge is 2.14. The summed E-state index contributed by atoms with van der Waals surface area (Å²) in [6.45, 7) is 5.71. The van der Waals surface area contributed by atoms with Gasteiger partial charge in [-0.1, -0.05) is 11.8 Å². The van der Waals surface area contributed by atoms with E-state index in [1.165, 1.54) is 5.56 Å². The standard InChI is InChI=1S/C16H17N3OS/c1-9-5-13(6-12-8-17-18-16(9)12)21-15-7-14(11(3)20)19(4)10(15)2/h5-8H,1-4H3,(H,17,18). The number of aromatic nitrogens is 3. The van der Waals surface area contributed by atoms with Gasteiger partial charge in [0.1, 0.15) is 0 Å². The molecule has 1 N–H and O–H groups in total. The highest BCUT2D eigenvalue weighted by atomic mass is 32.2. The van der Waals surface area contributed by atoms with Crippen LogP contribution in [0.5, 0.6) is 0 Å². The van der Waals surface area contributed by atoms with E-state index in [0.717, 1.165) is 32.1 Å². The number of hydrogen-bond donors (Lipinski definition) is 1. The summed E-state index contributed by atoms with van der Waals surface area (Å²) in [5, 5.41) is 8.21. The fourth-order valence-corrected chi connectivity index (χ4v) is 3.63. The topological polar surface area (TPSA) is 50.7 Å². The van der Waals surface area contributed by atoms with Crippen molar-refractivity contribution in [3.05, 3.63) is 41.3 Å². The van der Waals surface area contributed by atoms with Crippen LogP contribution < -0.4 is 0 Å². The molecule has 0 aliphatic heterocycles. The zero-order valence-electron chi connectivity index (χ0n) is 12.5. The van der Waals surface area contributed by atoms with Crippen LogP contribution in [0.2, 0.25) is 0 Å². The molecule has 0 radical (unpaired) electrons. The van der Waals surface area contributed by atoms with E-state index in [1.807, 2.05) is 30.8 Å². The molecule has 3 aromatic rings. The number of rotatable bonds is 3. The summed E-state index contributed by atoms with van der Waals surface area (Å²) in [5.74, 6) is 0.0916. The fraction of sp³-hybridized carbons (Fsp3) is 0.250. The molecule has 0 atom stereocenters. The van der Waals surface area contributed by atoms with Crippen molar-refractivity contribution in [1.29, 1.82) is 0 Å². The molecule has 21 heavy (non-hydrogen) atoms. The summed E-state index contributed by atoms with van der Waals surface area (Å²) >= 11 is 1.68. The Balaban J connectivity index is 2.02. The maximum atomic E-state index is 11.6. The van der Waals surface area contributed by atoms with Crippen LogP contribution in [0.4, 0.5) is 0 Å². The van der Waals surface area contributed by atoms with Crippen molar-refractivity contribution in [1.82, 2.24) is 14.8 Å². The number of hydrogen-bond acceptors (Lipinski definition) is 3. The van der Waals surface area contributed by atoms with Gasteiger partial charge in [0, 0.05) is 34.8 Å². The molecule has 0 amide bonds. The molecule has 0 spiro atoms. The molecule has 0 unspecified atom stereocenters. The van der Waals surface area contributed by atoms with E-state index >= 15 is 0 Å². The number of fused-ring (bicyclic) bond motifs is 1. The third-order valence-electron chi connectivity index (χ3n) is 3.80. The van der Waals surface area contributed by atoms with Gasteiger partial charge in [-0.15, -0.1) is 0 Å². The van der Waals surface area contributed by atoms with Gasteiger partial charge in [-0.25, -0.2) is 0 Å². The van der Waals surface area contributed by atoms with Crippen molar-refractivity contribution >= 4 is 28.4 Å². The van der Waals surface area contributed by atoms with Crippen LogP contribution in [0.1, 0.15) is 28.7 Å². The van der Waals surface area contributed by atoms with Gasteiger partial charge >= 0.3 is 0 Å². The molecule has 0 bridgehead atoms. The molecule has 0 saturated heterocycles. The first kappa shape index (κ1) is 13.9. The molecule has 1 aromatic carbocycles. The molecule has 0 aliphatic rings. The summed E-state index contributed by atoms with van der Waals surface area (Å²) < 4.78 is 1.95. The largest absolute Gasteiger partial charge is 0.344 e. The van der Waals surface area contributed by atoms with Crippen molar-refractivity contribution in [2.45, 2.75) is 30.6 Å². The SMILES string of the molecule is CC(=O)c1cc(Sc2cc(C)c3[nH]ncc3c2)c(C)n1C. The Morgan fingerprint density at radius 2 is 2.05 bits per heavy atom. The first-order chi connectivity index (χ1) is 9.97. The predicted molar refractivity (Wildman–Crippen MR) is 85.1 cm³/mol. The molecule has 4 nitrogen and oxygen atoms in total. The molecule has 108 valence electrons. The van der Waals surface area contributed by atoms with Crippen LogP contribution in [0.3, 0.4) is 0 Å². The van der Waals surface area contributed by atoms with E-state index < -0.39 is 0 Å². The van der Waals surface area contributed by atoms with Gasteiger partial charge in [-0.05, 0) is 37.6 Å². The van der Waals surface area contributed by atoms with E-state index in [9.17, 15) is 4.79 Å². The number of benzene rings is 1. The average molecular weight is 299 g/mol. The van der Waals surface area contributed by atoms with E-state index in [0.29, 0.717) is 0 Å². The second kappa shape index (κ2) is 5.07. The molecule has 0 aliphatic carbocycles. The number of ketones is 1. The molecule has 2 heterocycles. The van der Waals surface area contributed by atoms with Crippen LogP contribution in [-0.2, 0) is 7.05 Å². The third-order valence-corrected chi connectivity index (χ3v) is 4.90. The van der Waals surface area contributed by atoms with E-state index in [-0.39, 0.29) is 5.78 Å². The van der Waals surface area contributed by atoms with Gasteiger partial charge in [0.25, 0.3) is 0 Å². The van der Waals surface area contributed by atoms with E-state index in [2.05, 4.69) is 29.3 Å². The lowest BCUT2D eigenvalue weighted by Crippen LogP contribution is -2.02. The van der Waals surface area contributed by atoms with Crippen molar-refractivity contribution in [3.63, 3.8) is 0 Å². The molecular weight excluding hydrogens is 282 g/mol. The Bertz CT molecular complexity index is 845. The number of H-pyrrole nitrogens is 1. The van der Waals surface area contributed by atoms with Crippen LogP contribution >= 0.6 is 11.8 Å². The molecule has 3 rings (SSSR count). The fourth-order valence-electron chi connectivity index (χ4n) is 2.50. The van der Waals surface area contributed by atoms with Crippen molar-refractivity contribution in [3.8, 4) is 0 Å². The number of nitrogens with one attached hydrogen (secondary N) is 1. The number of carbonyl (C=O) groups excluding carboxylic acids is 1. The molecule has 0 fully saturated rings. The summed E-state index contributed by atoms with van der Waals surface area (Å²) in [6, 6.07) is 6.23. The minimum absolute atomic E-state index is 0.0916. The summed E-state index contributed by atoms with van der Waals surface area (Å²) in [7, 11) is 1.93. The average Bonchev–Trinajstić information content (AvgIpc) is 2.99. The Kier molecular flexibility index (Phi) is 3.37. The second-order valence-electron chi connectivity index (χ2n) is 5.27. The Morgan fingerprint density at radius 1 is 1.29 bits per heavy atom. The maximum Gasteiger partial charge on any atom is 0.176 e. The lowest BCUT2D eigenvalue weighted by molar-refractivity contribution is 0.101. The number of aromatic amines is 1. The lowest BCUT2D eigenvalue weighted by Gasteiger charge is -2.05. The van der Waals surface area contributed by atoms with Gasteiger partial charge in [0.05, 0.1) is 17.4 Å². The molecule has 2 aromatic heterocycles. The van der Waals surface area contributed by atoms with Crippen LogP contribution in [0, 0.1) is 13.8 Å². The minimum Gasteiger partial charge on any atom is -0.344 e. The summed E-state index contributed by atoms with van der Waals surface area (Å²) in [6.07, 6.45) is 1.84.